The van der Waals surface area contributed by atoms with E-state index in [9.17, 15) is 14.4 Å². The predicted octanol–water partition coefficient (Wildman–Crippen LogP) is 1.34. The minimum Gasteiger partial charge on any atom is -0.497 e. The molecule has 0 saturated heterocycles. The number of ether oxygens (including phenoxy) is 2. The third kappa shape index (κ3) is 5.51. The van der Waals surface area contributed by atoms with Crippen molar-refractivity contribution in [2.75, 3.05) is 37.6 Å². The smallest absolute Gasteiger partial charge is 0.330 e. The second-order valence-corrected chi connectivity index (χ2v) is 8.31. The molecule has 11 nitrogen and oxygen atoms in total. The van der Waals surface area contributed by atoms with Gasteiger partial charge in [-0.3, -0.25) is 19.1 Å². The second-order valence-electron chi connectivity index (χ2n) is 6.11. The summed E-state index contributed by atoms with van der Waals surface area (Å²) in [6, 6.07) is 7.33. The molecule has 0 spiro atoms. The van der Waals surface area contributed by atoms with Crippen molar-refractivity contribution in [1.29, 1.82) is 0 Å². The van der Waals surface area contributed by atoms with Gasteiger partial charge in [0.1, 0.15) is 17.1 Å². The molecule has 1 aromatic carbocycles. The Morgan fingerprint density at radius 2 is 2.13 bits per heavy atom. The number of H-pyrrole nitrogens is 1. The molecule has 0 unspecified atom stereocenters. The van der Waals surface area contributed by atoms with E-state index < -0.39 is 17.0 Å². The maximum Gasteiger partial charge on any atom is 0.330 e. The molecule has 31 heavy (non-hydrogen) atoms. The first-order valence-corrected chi connectivity index (χ1v) is 10.7. The van der Waals surface area contributed by atoms with E-state index in [2.05, 4.69) is 20.5 Å². The van der Waals surface area contributed by atoms with Gasteiger partial charge < -0.3 is 20.5 Å². The van der Waals surface area contributed by atoms with Crippen molar-refractivity contribution in [1.82, 2.24) is 19.7 Å². The number of hydrogen-bond acceptors (Lipinski definition) is 11. The lowest BCUT2D eigenvalue weighted by Crippen LogP contribution is -2.37. The maximum absolute atomic E-state index is 12.6. The molecule has 0 fully saturated rings. The van der Waals surface area contributed by atoms with Gasteiger partial charge in [0.15, 0.2) is 10.1 Å². The lowest BCUT2D eigenvalue weighted by atomic mass is 10.2. The van der Waals surface area contributed by atoms with Crippen molar-refractivity contribution >= 4 is 45.5 Å². The molecular formula is C18H20N6O5S2. The summed E-state index contributed by atoms with van der Waals surface area (Å²) in [6.07, 6.45) is 0. The highest BCUT2D eigenvalue weighted by Gasteiger charge is 2.20. The van der Waals surface area contributed by atoms with Crippen molar-refractivity contribution in [2.24, 2.45) is 0 Å². The zero-order valence-electron chi connectivity index (χ0n) is 16.7. The van der Waals surface area contributed by atoms with Crippen LogP contribution in [0.4, 0.5) is 16.6 Å². The first-order chi connectivity index (χ1) is 14.9. The molecule has 0 atom stereocenters. The normalized spacial score (nSPS) is 10.8. The van der Waals surface area contributed by atoms with Gasteiger partial charge in [-0.15, -0.1) is 10.2 Å². The van der Waals surface area contributed by atoms with Crippen LogP contribution in [0, 0.1) is 0 Å². The van der Waals surface area contributed by atoms with Crippen LogP contribution < -0.4 is 27.0 Å². The number of aromatic nitrogens is 4. The van der Waals surface area contributed by atoms with Crippen LogP contribution in [0.1, 0.15) is 10.4 Å². The highest BCUT2D eigenvalue weighted by molar-refractivity contribution is 8.01. The van der Waals surface area contributed by atoms with Gasteiger partial charge in [0.2, 0.25) is 5.13 Å². The highest BCUT2D eigenvalue weighted by atomic mass is 32.2. The molecule has 3 rings (SSSR count). The van der Waals surface area contributed by atoms with Gasteiger partial charge in [0.25, 0.3) is 5.56 Å². The maximum atomic E-state index is 12.6. The zero-order valence-corrected chi connectivity index (χ0v) is 18.3. The molecule has 0 amide bonds. The fraction of sp³-hybridized carbons (Fsp3) is 0.278. The van der Waals surface area contributed by atoms with E-state index in [0.29, 0.717) is 15.2 Å². The standard InChI is InChI=1S/C18H20N6O5S2/c1-28-7-6-24-14(19)13(15(26)21-17(24)27)12(25)9-30-18-23-22-16(31-18)20-10-4-3-5-11(8-10)29-2/h3-5,8H,6-7,9,19H2,1-2H3,(H,20,22)(H,21,26,27). The number of carbonyl (C=O) groups excluding carboxylic acids is 1. The average molecular weight is 465 g/mol. The number of benzene rings is 1. The van der Waals surface area contributed by atoms with Crippen LogP contribution in [-0.4, -0.2) is 52.1 Å². The summed E-state index contributed by atoms with van der Waals surface area (Å²) in [6.45, 7) is 0.313. The molecule has 0 radical (unpaired) electrons. The summed E-state index contributed by atoms with van der Waals surface area (Å²) in [5, 5.41) is 11.7. The van der Waals surface area contributed by atoms with Crippen molar-refractivity contribution < 1.29 is 14.3 Å². The molecule has 0 bridgehead atoms. The van der Waals surface area contributed by atoms with E-state index in [-0.39, 0.29) is 30.3 Å². The second kappa shape index (κ2) is 10.2. The number of methoxy groups -OCH3 is 2. The van der Waals surface area contributed by atoms with E-state index in [1.54, 1.807) is 7.11 Å². The van der Waals surface area contributed by atoms with E-state index in [0.717, 1.165) is 22.0 Å². The Morgan fingerprint density at radius 1 is 1.32 bits per heavy atom. The number of anilines is 3. The summed E-state index contributed by atoms with van der Waals surface area (Å²) >= 11 is 2.37. The fourth-order valence-electron chi connectivity index (χ4n) is 2.60. The van der Waals surface area contributed by atoms with Gasteiger partial charge >= 0.3 is 5.69 Å². The topological polar surface area (TPSA) is 154 Å². The lowest BCUT2D eigenvalue weighted by molar-refractivity contribution is 0.102. The zero-order chi connectivity index (χ0) is 22.4. The van der Waals surface area contributed by atoms with Gasteiger partial charge in [-0.2, -0.15) is 0 Å². The summed E-state index contributed by atoms with van der Waals surface area (Å²) in [5.74, 6) is -0.102. The number of rotatable bonds is 10. The van der Waals surface area contributed by atoms with E-state index in [1.165, 1.54) is 18.4 Å². The average Bonchev–Trinajstić information content (AvgIpc) is 3.19. The van der Waals surface area contributed by atoms with Crippen LogP contribution >= 0.6 is 23.1 Å². The molecule has 2 aromatic heterocycles. The van der Waals surface area contributed by atoms with Crippen molar-refractivity contribution in [3.63, 3.8) is 0 Å². The molecule has 164 valence electrons. The first-order valence-electron chi connectivity index (χ1n) is 8.95. The van der Waals surface area contributed by atoms with Crippen LogP contribution in [0.3, 0.4) is 0 Å². The van der Waals surface area contributed by atoms with Crippen LogP contribution in [0.5, 0.6) is 5.75 Å². The molecule has 0 aliphatic rings. The summed E-state index contributed by atoms with van der Waals surface area (Å²) < 4.78 is 11.7. The van der Waals surface area contributed by atoms with E-state index >= 15 is 0 Å². The molecule has 4 N–H and O–H groups in total. The quantitative estimate of drug-likeness (QED) is 0.296. The van der Waals surface area contributed by atoms with Gasteiger partial charge in [-0.05, 0) is 12.1 Å². The predicted molar refractivity (Wildman–Crippen MR) is 119 cm³/mol. The molecule has 0 aliphatic heterocycles. The van der Waals surface area contributed by atoms with Crippen molar-refractivity contribution in [2.45, 2.75) is 10.9 Å². The number of aromatic amines is 1. The molecule has 2 heterocycles. The number of nitrogens with zero attached hydrogens (tertiary/aromatic N) is 3. The number of ketones is 1. The van der Waals surface area contributed by atoms with Crippen molar-refractivity contribution in [3.05, 3.63) is 50.7 Å². The van der Waals surface area contributed by atoms with Crippen LogP contribution in [0.25, 0.3) is 0 Å². The fourth-order valence-corrected chi connectivity index (χ4v) is 4.25. The lowest BCUT2D eigenvalue weighted by Gasteiger charge is -2.11. The Labute approximate surface area is 184 Å². The van der Waals surface area contributed by atoms with E-state index in [1.807, 2.05) is 24.3 Å². The number of carbonyl (C=O) groups is 1. The van der Waals surface area contributed by atoms with E-state index in [4.69, 9.17) is 15.2 Å². The van der Waals surface area contributed by atoms with Crippen LogP contribution in [0.2, 0.25) is 0 Å². The van der Waals surface area contributed by atoms with Crippen molar-refractivity contribution in [3.8, 4) is 5.75 Å². The van der Waals surface area contributed by atoms with Gasteiger partial charge in [-0.25, -0.2) is 4.79 Å². The highest BCUT2D eigenvalue weighted by Crippen LogP contribution is 2.29. The Bertz CT molecular complexity index is 1190. The number of nitrogen functional groups attached to an aromatic ring is 1. The van der Waals surface area contributed by atoms with Gasteiger partial charge in [0.05, 0.1) is 26.0 Å². The Kier molecular flexibility index (Phi) is 7.44. The number of Topliss-reactive ketones (excluding diaryl/α,β-unsaturated/α-hetero) is 1. The third-order valence-electron chi connectivity index (χ3n) is 4.09. The summed E-state index contributed by atoms with van der Waals surface area (Å²) in [7, 11) is 3.05. The number of nitrogens with two attached hydrogens (primary N) is 1. The molecule has 13 heteroatoms. The molecular weight excluding hydrogens is 444 g/mol. The minimum absolute atomic E-state index is 0.0937. The van der Waals surface area contributed by atoms with Crippen LogP contribution in [0.15, 0.2) is 38.2 Å². The minimum atomic E-state index is -0.820. The SMILES string of the molecule is COCCn1c(N)c(C(=O)CSc2nnc(Nc3cccc(OC)c3)s2)c(=O)[nH]c1=O. The number of thioether (sulfide) groups is 1. The largest absolute Gasteiger partial charge is 0.497 e. The molecule has 0 saturated carbocycles. The molecule has 3 aromatic rings. The first kappa shape index (κ1) is 22.5. The number of hydrogen-bond donors (Lipinski definition) is 3. The molecule has 0 aliphatic carbocycles. The Hall–Kier alpha value is -3.16. The van der Waals surface area contributed by atoms with Crippen LogP contribution in [-0.2, 0) is 11.3 Å². The van der Waals surface area contributed by atoms with Gasteiger partial charge in [0, 0.05) is 18.9 Å². The third-order valence-corrected chi connectivity index (χ3v) is 6.06. The van der Waals surface area contributed by atoms with Gasteiger partial charge in [-0.1, -0.05) is 29.2 Å². The monoisotopic (exact) mass is 464 g/mol. The Balaban J connectivity index is 1.69. The Morgan fingerprint density at radius 3 is 2.87 bits per heavy atom. The number of nitrogens with one attached hydrogen (secondary N) is 2. The summed E-state index contributed by atoms with van der Waals surface area (Å²) in [5.41, 5.74) is 4.92. The summed E-state index contributed by atoms with van der Waals surface area (Å²) in [4.78, 5) is 38.8.